The Hall–Kier alpha value is -4.56. The maximum Gasteiger partial charge on any atom is 0.251 e. The predicted molar refractivity (Wildman–Crippen MR) is 140 cm³/mol. The van der Waals surface area contributed by atoms with Crippen LogP contribution in [0.2, 0.25) is 0 Å². The monoisotopic (exact) mass is 513 g/mol. The number of hydrogen-bond donors (Lipinski definition) is 3. The van der Waals surface area contributed by atoms with Gasteiger partial charge in [-0.15, -0.1) is 0 Å². The van der Waals surface area contributed by atoms with E-state index in [-0.39, 0.29) is 23.8 Å². The van der Waals surface area contributed by atoms with Gasteiger partial charge in [-0.3, -0.25) is 4.79 Å². The van der Waals surface area contributed by atoms with Crippen molar-refractivity contribution >= 4 is 11.7 Å². The van der Waals surface area contributed by atoms with Crippen LogP contribution in [0.25, 0.3) is 11.1 Å². The van der Waals surface area contributed by atoms with Gasteiger partial charge < -0.3 is 21.0 Å². The third-order valence-electron chi connectivity index (χ3n) is 6.69. The number of amides is 1. The van der Waals surface area contributed by atoms with Crippen LogP contribution in [-0.2, 0) is 17.8 Å². The van der Waals surface area contributed by atoms with Crippen LogP contribution < -0.4 is 11.1 Å². The van der Waals surface area contributed by atoms with Gasteiger partial charge in [0.1, 0.15) is 24.8 Å². The number of fused-ring (bicyclic) bond motifs is 2. The molecule has 8 heteroatoms. The van der Waals surface area contributed by atoms with Crippen LogP contribution in [-0.4, -0.2) is 24.0 Å². The molecule has 0 saturated heterocycles. The van der Waals surface area contributed by atoms with E-state index in [2.05, 4.69) is 15.3 Å². The van der Waals surface area contributed by atoms with Crippen molar-refractivity contribution in [2.45, 2.75) is 19.1 Å². The first-order chi connectivity index (χ1) is 18.4. The van der Waals surface area contributed by atoms with E-state index < -0.39 is 17.8 Å². The fourth-order valence-electron chi connectivity index (χ4n) is 4.68. The van der Waals surface area contributed by atoms with E-state index in [4.69, 9.17) is 5.73 Å². The third-order valence-corrected chi connectivity index (χ3v) is 6.69. The van der Waals surface area contributed by atoms with E-state index in [1.165, 1.54) is 25.3 Å². The highest BCUT2D eigenvalue weighted by molar-refractivity contribution is 5.97. The fourth-order valence-corrected chi connectivity index (χ4v) is 4.68. The topological polar surface area (TPSA) is 96.9 Å². The second kappa shape index (κ2) is 10.4. The number of nitrogens with two attached hydrogens (primary N) is 1. The van der Waals surface area contributed by atoms with Crippen LogP contribution in [0.4, 0.5) is 8.78 Å². The van der Waals surface area contributed by atoms with Gasteiger partial charge in [-0.25, -0.2) is 8.78 Å². The molecule has 4 N–H and O–H groups in total. The molecule has 4 aromatic carbocycles. The summed E-state index contributed by atoms with van der Waals surface area (Å²) in [6.07, 6.45) is -0.397. The average Bonchev–Trinajstić information content (AvgIpc) is 2.92. The first kappa shape index (κ1) is 25.1. The molecule has 38 heavy (non-hydrogen) atoms. The van der Waals surface area contributed by atoms with Crippen molar-refractivity contribution in [2.75, 3.05) is 7.11 Å². The quantitative estimate of drug-likeness (QED) is 0.196. The van der Waals surface area contributed by atoms with Crippen molar-refractivity contribution < 1.29 is 23.5 Å². The smallest absolute Gasteiger partial charge is 0.251 e. The van der Waals surface area contributed by atoms with Crippen LogP contribution in [0.1, 0.15) is 49.8 Å². The van der Waals surface area contributed by atoms with Gasteiger partial charge in [0, 0.05) is 28.8 Å². The van der Waals surface area contributed by atoms with E-state index in [9.17, 15) is 18.7 Å². The lowest BCUT2D eigenvalue weighted by atomic mass is 9.82. The summed E-state index contributed by atoms with van der Waals surface area (Å²) in [5.74, 6) is -1.25. The Labute approximate surface area is 218 Å². The summed E-state index contributed by atoms with van der Waals surface area (Å²) in [4.78, 5) is 17.5. The highest BCUT2D eigenvalue weighted by atomic mass is 19.1. The molecule has 4 aromatic rings. The lowest BCUT2D eigenvalue weighted by molar-refractivity contribution is 0.0950. The maximum absolute atomic E-state index is 14.5. The number of rotatable bonds is 6. The van der Waals surface area contributed by atoms with Gasteiger partial charge in [-0.1, -0.05) is 53.7 Å². The van der Waals surface area contributed by atoms with Crippen LogP contribution in [0.5, 0.6) is 0 Å². The molecule has 0 spiro atoms. The summed E-state index contributed by atoms with van der Waals surface area (Å²) in [5.41, 5.74) is 10.9. The first-order valence-electron chi connectivity index (χ1n) is 12.0. The van der Waals surface area contributed by atoms with Crippen LogP contribution in [0.3, 0.4) is 0 Å². The maximum atomic E-state index is 14.5. The minimum atomic E-state index is -0.975. The zero-order chi connectivity index (χ0) is 26.8. The molecule has 6 nitrogen and oxygen atoms in total. The van der Waals surface area contributed by atoms with Crippen molar-refractivity contribution in [2.24, 2.45) is 10.9 Å². The highest BCUT2D eigenvalue weighted by Gasteiger charge is 2.25. The first-order valence-corrected chi connectivity index (χ1v) is 12.0. The molecule has 0 aromatic heterocycles. The molecule has 1 unspecified atom stereocenters. The molecule has 0 bridgehead atoms. The molecule has 0 fully saturated rings. The summed E-state index contributed by atoms with van der Waals surface area (Å²) < 4.78 is 28.9. The van der Waals surface area contributed by atoms with E-state index in [1.54, 1.807) is 42.5 Å². The summed E-state index contributed by atoms with van der Waals surface area (Å²) in [6, 6.07) is 21.5. The Balaban J connectivity index is 1.34. The van der Waals surface area contributed by atoms with Gasteiger partial charge >= 0.3 is 0 Å². The molecular formula is C30H25F2N3O3. The zero-order valence-electron chi connectivity index (χ0n) is 20.5. The Morgan fingerprint density at radius 1 is 0.974 bits per heavy atom. The van der Waals surface area contributed by atoms with Crippen LogP contribution in [0, 0.1) is 11.6 Å². The van der Waals surface area contributed by atoms with Gasteiger partial charge in [0.05, 0.1) is 0 Å². The number of oxime groups is 1. The van der Waals surface area contributed by atoms with Crippen molar-refractivity contribution in [1.29, 1.82) is 0 Å². The van der Waals surface area contributed by atoms with E-state index in [0.29, 0.717) is 39.8 Å². The predicted octanol–water partition coefficient (Wildman–Crippen LogP) is 4.81. The molecule has 0 aliphatic heterocycles. The Morgan fingerprint density at radius 3 is 2.42 bits per heavy atom. The van der Waals surface area contributed by atoms with Crippen molar-refractivity contribution in [1.82, 2.24) is 5.32 Å². The minimum Gasteiger partial charge on any atom is -0.397 e. The van der Waals surface area contributed by atoms with Gasteiger partial charge in [0.25, 0.3) is 5.91 Å². The van der Waals surface area contributed by atoms with Gasteiger partial charge in [-0.05, 0) is 64.6 Å². The van der Waals surface area contributed by atoms with Gasteiger partial charge in [-0.2, -0.15) is 0 Å². The molecule has 1 aliphatic rings. The lowest BCUT2D eigenvalue weighted by Gasteiger charge is -2.26. The summed E-state index contributed by atoms with van der Waals surface area (Å²) in [5, 5.41) is 17.5. The van der Waals surface area contributed by atoms with Crippen molar-refractivity contribution in [3.63, 3.8) is 0 Å². The van der Waals surface area contributed by atoms with Crippen LogP contribution in [0.15, 0.2) is 84.0 Å². The fraction of sp³-hybridized carbons (Fsp3) is 0.133. The normalized spacial score (nSPS) is 14.4. The number of nitrogens with zero attached hydrogens (tertiary/aromatic N) is 1. The van der Waals surface area contributed by atoms with Gasteiger partial charge in [0.15, 0.2) is 5.84 Å². The second-order valence-corrected chi connectivity index (χ2v) is 9.03. The largest absolute Gasteiger partial charge is 0.397 e. The number of carbonyl (C=O) groups excluding carboxylic acids is 1. The number of amidine groups is 1. The number of nitrogens with one attached hydrogen (secondary N) is 1. The summed E-state index contributed by atoms with van der Waals surface area (Å²) >= 11 is 0. The summed E-state index contributed by atoms with van der Waals surface area (Å²) in [7, 11) is 1.34. The molecule has 0 heterocycles. The second-order valence-electron chi connectivity index (χ2n) is 9.03. The standard InChI is InChI=1S/C30H25F2N3O3/c1-38-35-29(33)20-9-11-22(27(32)15-20)16-34-30(37)21-10-8-18-12-17-6-7-19(23-4-2-3-5-26(23)31)13-24(17)28(36)25(18)14-21/h2-11,13-15,28,36H,12,16H2,1H3,(H2,33,35)(H,34,37). The summed E-state index contributed by atoms with van der Waals surface area (Å²) in [6.45, 7) is -0.0409. The number of halogens is 2. The molecular weight excluding hydrogens is 488 g/mol. The van der Waals surface area contributed by atoms with E-state index >= 15 is 0 Å². The molecule has 192 valence electrons. The lowest BCUT2D eigenvalue weighted by Crippen LogP contribution is -2.24. The number of hydrogen-bond acceptors (Lipinski definition) is 4. The van der Waals surface area contributed by atoms with Crippen molar-refractivity contribution in [3.8, 4) is 11.1 Å². The number of aliphatic hydroxyl groups excluding tert-OH is 1. The van der Waals surface area contributed by atoms with Gasteiger partial charge in [0.2, 0.25) is 0 Å². The molecule has 5 rings (SSSR count). The van der Waals surface area contributed by atoms with E-state index in [1.807, 2.05) is 18.2 Å². The van der Waals surface area contributed by atoms with Crippen LogP contribution >= 0.6 is 0 Å². The molecule has 0 saturated carbocycles. The minimum absolute atomic E-state index is 0.0391. The molecule has 1 aliphatic carbocycles. The Kier molecular flexibility index (Phi) is 6.89. The zero-order valence-corrected chi connectivity index (χ0v) is 20.5. The molecule has 1 atom stereocenters. The number of benzene rings is 4. The average molecular weight is 514 g/mol. The van der Waals surface area contributed by atoms with E-state index in [0.717, 1.165) is 11.1 Å². The number of aliphatic hydroxyl groups is 1. The Bertz CT molecular complexity index is 1570. The molecule has 1 amide bonds. The number of carbonyl (C=O) groups is 1. The highest BCUT2D eigenvalue weighted by Crippen LogP contribution is 2.38. The van der Waals surface area contributed by atoms with Crippen molar-refractivity contribution in [3.05, 3.63) is 129 Å². The SMILES string of the molecule is CO/N=C(\N)c1ccc(CNC(=O)c2ccc3c(c2)C(O)c2cc(-c4ccccc4F)ccc2C3)c(F)c1. The molecule has 0 radical (unpaired) electrons. The Morgan fingerprint density at radius 2 is 1.68 bits per heavy atom. The third kappa shape index (κ3) is 4.86.